The third-order valence-electron chi connectivity index (χ3n) is 0. The molecule has 10 heavy (non-hydrogen) atoms. The molecule has 0 bridgehead atoms. The van der Waals surface area contributed by atoms with E-state index in [2.05, 4.69) is 0 Å². The van der Waals surface area contributed by atoms with Crippen molar-refractivity contribution >= 4 is 0 Å². The van der Waals surface area contributed by atoms with Gasteiger partial charge in [0.1, 0.15) is 0 Å². The van der Waals surface area contributed by atoms with Crippen LogP contribution in [0, 0.1) is 22.3 Å². The number of rotatable bonds is 0. The third-order valence-corrected chi connectivity index (χ3v) is 0. The van der Waals surface area contributed by atoms with E-state index < -0.39 is 0 Å². The standard InChI is InChI=1S/3CH.7Cr/h3*1H;;;;;;;/q3*-1;;;;;;;. The molecule has 0 atom stereocenters. The van der Waals surface area contributed by atoms with Crippen LogP contribution in [-0.2, 0) is 122 Å². The van der Waals surface area contributed by atoms with Crippen molar-refractivity contribution in [2.24, 2.45) is 0 Å². The van der Waals surface area contributed by atoms with Crippen molar-refractivity contribution in [2.75, 3.05) is 0 Å². The molecular weight excluding hydrogens is 400 g/mol. The van der Waals surface area contributed by atoms with Gasteiger partial charge in [0.2, 0.25) is 0 Å². The molecule has 0 spiro atoms. The molecule has 0 aliphatic heterocycles. The molecule has 0 N–H and O–H groups in total. The van der Waals surface area contributed by atoms with E-state index in [0.29, 0.717) is 0 Å². The fourth-order valence-electron chi connectivity index (χ4n) is 0. The number of hydrogen-bond acceptors (Lipinski definition) is 0. The van der Waals surface area contributed by atoms with Gasteiger partial charge >= 0.3 is 0 Å². The van der Waals surface area contributed by atoms with Gasteiger partial charge in [0.25, 0.3) is 0 Å². The van der Waals surface area contributed by atoms with Crippen LogP contribution in [0.1, 0.15) is 0 Å². The van der Waals surface area contributed by atoms with E-state index in [1.54, 1.807) is 0 Å². The van der Waals surface area contributed by atoms with Crippen molar-refractivity contribution in [1.82, 2.24) is 0 Å². The average molecular weight is 403 g/mol. The second kappa shape index (κ2) is 126. The predicted molar refractivity (Wildman–Crippen MR) is 12.9 cm³/mol. The van der Waals surface area contributed by atoms with Gasteiger partial charge in [-0.25, -0.2) is 0 Å². The molecule has 0 saturated heterocycles. The Morgan fingerprint density at radius 2 is 0.200 bits per heavy atom. The first-order valence-corrected chi connectivity index (χ1v) is 0. The van der Waals surface area contributed by atoms with E-state index in [9.17, 15) is 0 Å². The molecule has 0 aromatic carbocycles. The van der Waals surface area contributed by atoms with E-state index >= 15 is 0 Å². The summed E-state index contributed by atoms with van der Waals surface area (Å²) in [5.41, 5.74) is 0. The molecule has 0 saturated carbocycles. The molecule has 0 amide bonds. The molecule has 0 aliphatic rings. The largest absolute Gasteiger partial charge is 0.726 e. The monoisotopic (exact) mass is 403 g/mol. The smallest absolute Gasteiger partial charge is 0 e. The summed E-state index contributed by atoms with van der Waals surface area (Å²) < 4.78 is 0. The van der Waals surface area contributed by atoms with Gasteiger partial charge in [0.05, 0.1) is 0 Å². The molecule has 7 heteroatoms. The predicted octanol–water partition coefficient (Wildman–Crippen LogP) is 0.595. The van der Waals surface area contributed by atoms with Gasteiger partial charge < -0.3 is 22.3 Å². The molecule has 0 aliphatic carbocycles. The van der Waals surface area contributed by atoms with Crippen LogP contribution < -0.4 is 0 Å². The Morgan fingerprint density at radius 3 is 0.200 bits per heavy atom. The van der Waals surface area contributed by atoms with Crippen LogP contribution in [0.2, 0.25) is 0 Å². The fourth-order valence-corrected chi connectivity index (χ4v) is 0. The van der Waals surface area contributed by atoms with E-state index in [4.69, 9.17) is 0 Å². The van der Waals surface area contributed by atoms with E-state index in [1.807, 2.05) is 0 Å². The zero-order valence-corrected chi connectivity index (χ0v) is 13.5. The first-order valence-electron chi connectivity index (χ1n) is 0. The quantitative estimate of drug-likeness (QED) is 0.520. The maximum Gasteiger partial charge on any atom is 0 e. The number of hydrogen-bond donors (Lipinski definition) is 0. The molecule has 0 unspecified atom stereocenters. The van der Waals surface area contributed by atoms with Crippen LogP contribution in [0.15, 0.2) is 0 Å². The van der Waals surface area contributed by atoms with Gasteiger partial charge in [-0.15, -0.1) is 0 Å². The summed E-state index contributed by atoms with van der Waals surface area (Å²) in [6.45, 7) is 0. The van der Waals surface area contributed by atoms with Crippen molar-refractivity contribution in [3.05, 3.63) is 22.3 Å². The first-order chi connectivity index (χ1) is 0. The summed E-state index contributed by atoms with van der Waals surface area (Å²) in [4.78, 5) is 0. The zero-order chi connectivity index (χ0) is 0. The second-order valence-corrected chi connectivity index (χ2v) is 0. The minimum Gasteiger partial charge on any atom is -0.726 e. The molecule has 60 valence electrons. The molecule has 0 aromatic heterocycles. The van der Waals surface area contributed by atoms with Gasteiger partial charge in [-0.05, 0) is 0 Å². The van der Waals surface area contributed by atoms with Crippen molar-refractivity contribution in [1.29, 1.82) is 0 Å². The summed E-state index contributed by atoms with van der Waals surface area (Å²) in [6, 6.07) is 0. The van der Waals surface area contributed by atoms with Gasteiger partial charge in [0.15, 0.2) is 0 Å². The third kappa shape index (κ3) is 97.1. The summed E-state index contributed by atoms with van der Waals surface area (Å²) >= 11 is 0. The van der Waals surface area contributed by atoms with Crippen molar-refractivity contribution in [3.63, 3.8) is 0 Å². The fraction of sp³-hybridized carbons (Fsp3) is 0. The van der Waals surface area contributed by atoms with Crippen LogP contribution in [0.3, 0.4) is 0 Å². The topological polar surface area (TPSA) is 0 Å². The normalized spacial score (nSPS) is 0. The molecule has 0 aromatic rings. The van der Waals surface area contributed by atoms with Gasteiger partial charge in [0, 0.05) is 122 Å². The molecule has 0 heterocycles. The van der Waals surface area contributed by atoms with E-state index in [1.165, 1.54) is 0 Å². The van der Waals surface area contributed by atoms with Crippen LogP contribution >= 0.6 is 0 Å². The van der Waals surface area contributed by atoms with Crippen molar-refractivity contribution in [3.8, 4) is 0 Å². The second-order valence-electron chi connectivity index (χ2n) is 0. The zero-order valence-electron chi connectivity index (χ0n) is 4.59. The van der Waals surface area contributed by atoms with Gasteiger partial charge in [-0.3, -0.25) is 0 Å². The molecule has 0 fully saturated rings. The van der Waals surface area contributed by atoms with Crippen LogP contribution in [0.5, 0.6) is 0 Å². The Bertz CT molecular complexity index is 8.81. The Balaban J connectivity index is 0. The minimum absolute atomic E-state index is 0. The Hall–Kier alpha value is 3.73. The molecular formula is C3H3Cr7-3. The minimum atomic E-state index is 0. The van der Waals surface area contributed by atoms with Crippen LogP contribution in [0.4, 0.5) is 0 Å². The summed E-state index contributed by atoms with van der Waals surface area (Å²) in [7, 11) is 0. The van der Waals surface area contributed by atoms with Crippen molar-refractivity contribution in [2.45, 2.75) is 0 Å². The average Bonchev–Trinajstić information content (AvgIpc) is 0. The molecule has 0 nitrogen and oxygen atoms in total. The molecule has 6 radical (unpaired) electrons. The van der Waals surface area contributed by atoms with E-state index in [0.717, 1.165) is 0 Å². The summed E-state index contributed by atoms with van der Waals surface area (Å²) in [5, 5.41) is 0. The first kappa shape index (κ1) is 160. The van der Waals surface area contributed by atoms with Crippen LogP contribution in [-0.4, -0.2) is 0 Å². The maximum absolute atomic E-state index is 0. The SMILES string of the molecule is [CH-].[CH-].[CH-].[Cr].[Cr].[Cr].[Cr].[Cr].[Cr].[Cr]. The Labute approximate surface area is 142 Å². The Kier molecular flexibility index (Phi) is 2020. The van der Waals surface area contributed by atoms with E-state index in [-0.39, 0.29) is 144 Å². The Morgan fingerprint density at radius 1 is 0.200 bits per heavy atom. The summed E-state index contributed by atoms with van der Waals surface area (Å²) in [6.07, 6.45) is 0. The van der Waals surface area contributed by atoms with Gasteiger partial charge in [-0.2, -0.15) is 0 Å². The van der Waals surface area contributed by atoms with Crippen molar-refractivity contribution < 1.29 is 122 Å². The summed E-state index contributed by atoms with van der Waals surface area (Å²) in [5.74, 6) is 0. The van der Waals surface area contributed by atoms with Gasteiger partial charge in [-0.1, -0.05) is 0 Å². The molecule has 0 rings (SSSR count). The van der Waals surface area contributed by atoms with Crippen LogP contribution in [0.25, 0.3) is 0 Å². The maximum atomic E-state index is 0.